The minimum atomic E-state index is -0.0554. The molecule has 30 heavy (non-hydrogen) atoms. The van der Waals surface area contributed by atoms with Gasteiger partial charge in [-0.3, -0.25) is 9.36 Å². The molecule has 7 heteroatoms. The van der Waals surface area contributed by atoms with Gasteiger partial charge in [-0.2, -0.15) is 0 Å². The maximum Gasteiger partial charge on any atom is 0.230 e. The number of carbonyl (C=O) groups excluding carboxylic acids is 1. The molecular weight excluding hydrogens is 396 g/mol. The van der Waals surface area contributed by atoms with Crippen molar-refractivity contribution < 1.29 is 9.21 Å². The largest absolute Gasteiger partial charge is 0.467 e. The first-order chi connectivity index (χ1) is 14.7. The number of furan rings is 1. The number of nitrogens with one attached hydrogen (secondary N) is 1. The van der Waals surface area contributed by atoms with E-state index in [1.54, 1.807) is 6.26 Å². The standard InChI is InChI=1S/C23H22N4O2S/c1-17(18-9-4-2-5-10-18)24-21(28)16-30-23-26-25-22(19-11-6-3-7-12-19)27(23)15-20-13-8-14-29-20/h2-14,17H,15-16H2,1H3,(H,24,28). The van der Waals surface area contributed by atoms with Crippen molar-refractivity contribution in [2.75, 3.05) is 5.75 Å². The number of carbonyl (C=O) groups is 1. The van der Waals surface area contributed by atoms with Crippen LogP contribution in [0.5, 0.6) is 0 Å². The van der Waals surface area contributed by atoms with E-state index in [4.69, 9.17) is 4.42 Å². The monoisotopic (exact) mass is 418 g/mol. The van der Waals surface area contributed by atoms with Gasteiger partial charge in [0.05, 0.1) is 24.6 Å². The van der Waals surface area contributed by atoms with Gasteiger partial charge in [0, 0.05) is 5.56 Å². The van der Waals surface area contributed by atoms with Crippen molar-refractivity contribution in [3.8, 4) is 11.4 Å². The lowest BCUT2D eigenvalue weighted by Crippen LogP contribution is -2.28. The number of nitrogens with zero attached hydrogens (tertiary/aromatic N) is 3. The highest BCUT2D eigenvalue weighted by Gasteiger charge is 2.17. The molecule has 0 aliphatic rings. The fraction of sp³-hybridized carbons (Fsp3) is 0.174. The van der Waals surface area contributed by atoms with Crippen LogP contribution in [-0.2, 0) is 11.3 Å². The van der Waals surface area contributed by atoms with E-state index in [0.29, 0.717) is 11.7 Å². The molecule has 1 atom stereocenters. The fourth-order valence-electron chi connectivity index (χ4n) is 3.14. The first kappa shape index (κ1) is 20.0. The van der Waals surface area contributed by atoms with Crippen molar-refractivity contribution in [3.05, 3.63) is 90.4 Å². The highest BCUT2D eigenvalue weighted by molar-refractivity contribution is 7.99. The van der Waals surface area contributed by atoms with E-state index in [1.165, 1.54) is 11.8 Å². The van der Waals surface area contributed by atoms with E-state index in [2.05, 4.69) is 15.5 Å². The average molecular weight is 419 g/mol. The molecule has 1 unspecified atom stereocenters. The summed E-state index contributed by atoms with van der Waals surface area (Å²) in [5.74, 6) is 1.75. The van der Waals surface area contributed by atoms with Gasteiger partial charge in [0.2, 0.25) is 5.91 Å². The summed E-state index contributed by atoms with van der Waals surface area (Å²) < 4.78 is 7.49. The number of aromatic nitrogens is 3. The van der Waals surface area contributed by atoms with Gasteiger partial charge >= 0.3 is 0 Å². The number of amides is 1. The van der Waals surface area contributed by atoms with Crippen LogP contribution in [0, 0.1) is 0 Å². The Kier molecular flexibility index (Phi) is 6.29. The molecule has 0 saturated carbocycles. The van der Waals surface area contributed by atoms with Crippen LogP contribution in [0.3, 0.4) is 0 Å². The molecule has 0 saturated heterocycles. The van der Waals surface area contributed by atoms with Crippen molar-refractivity contribution in [3.63, 3.8) is 0 Å². The average Bonchev–Trinajstić information content (AvgIpc) is 3.44. The molecule has 4 aromatic rings. The van der Waals surface area contributed by atoms with Crippen LogP contribution < -0.4 is 5.32 Å². The second kappa shape index (κ2) is 9.45. The number of hydrogen-bond donors (Lipinski definition) is 1. The van der Waals surface area contributed by atoms with Crippen molar-refractivity contribution >= 4 is 17.7 Å². The minimum absolute atomic E-state index is 0.0508. The highest BCUT2D eigenvalue weighted by atomic mass is 32.2. The van der Waals surface area contributed by atoms with Gasteiger partial charge in [0.25, 0.3) is 0 Å². The summed E-state index contributed by atoms with van der Waals surface area (Å²) >= 11 is 1.37. The predicted octanol–water partition coefficient (Wildman–Crippen LogP) is 4.56. The maximum absolute atomic E-state index is 12.5. The first-order valence-corrected chi connectivity index (χ1v) is 10.7. The lowest BCUT2D eigenvalue weighted by Gasteiger charge is -2.14. The Morgan fingerprint density at radius 3 is 2.47 bits per heavy atom. The van der Waals surface area contributed by atoms with Gasteiger partial charge in [-0.15, -0.1) is 10.2 Å². The van der Waals surface area contributed by atoms with Crippen LogP contribution in [0.2, 0.25) is 0 Å². The fourth-order valence-corrected chi connectivity index (χ4v) is 3.88. The van der Waals surface area contributed by atoms with Gasteiger partial charge in [-0.25, -0.2) is 0 Å². The summed E-state index contributed by atoms with van der Waals surface area (Å²) in [6.07, 6.45) is 1.65. The highest BCUT2D eigenvalue weighted by Crippen LogP contribution is 2.25. The molecule has 0 spiro atoms. The van der Waals surface area contributed by atoms with Crippen LogP contribution >= 0.6 is 11.8 Å². The maximum atomic E-state index is 12.5. The van der Waals surface area contributed by atoms with Crippen LogP contribution in [-0.4, -0.2) is 26.4 Å². The van der Waals surface area contributed by atoms with Crippen LogP contribution in [0.25, 0.3) is 11.4 Å². The summed E-state index contributed by atoms with van der Waals surface area (Å²) in [5, 5.41) is 12.4. The van der Waals surface area contributed by atoms with E-state index in [-0.39, 0.29) is 17.7 Å². The lowest BCUT2D eigenvalue weighted by molar-refractivity contribution is -0.119. The van der Waals surface area contributed by atoms with Crippen LogP contribution in [0.1, 0.15) is 24.3 Å². The van der Waals surface area contributed by atoms with Crippen LogP contribution in [0.15, 0.2) is 88.6 Å². The van der Waals surface area contributed by atoms with Crippen LogP contribution in [0.4, 0.5) is 0 Å². The number of hydrogen-bond acceptors (Lipinski definition) is 5. The molecule has 152 valence electrons. The molecule has 2 aromatic heterocycles. The third-order valence-corrected chi connectivity index (χ3v) is 5.62. The van der Waals surface area contributed by atoms with E-state index < -0.39 is 0 Å². The Balaban J connectivity index is 1.48. The Morgan fingerprint density at radius 1 is 1.03 bits per heavy atom. The molecule has 0 aliphatic heterocycles. The zero-order valence-electron chi connectivity index (χ0n) is 16.6. The molecule has 0 bridgehead atoms. The third kappa shape index (κ3) is 4.80. The van der Waals surface area contributed by atoms with Crippen molar-refractivity contribution in [2.24, 2.45) is 0 Å². The zero-order chi connectivity index (χ0) is 20.8. The molecule has 2 aromatic carbocycles. The van der Waals surface area contributed by atoms with Crippen molar-refractivity contribution in [1.82, 2.24) is 20.1 Å². The third-order valence-electron chi connectivity index (χ3n) is 4.65. The second-order valence-corrected chi connectivity index (χ2v) is 7.77. The number of rotatable bonds is 8. The topological polar surface area (TPSA) is 73.0 Å². The molecule has 1 N–H and O–H groups in total. The second-order valence-electron chi connectivity index (χ2n) is 6.83. The van der Waals surface area contributed by atoms with Gasteiger partial charge in [-0.05, 0) is 24.6 Å². The quantitative estimate of drug-likeness (QED) is 0.425. The van der Waals surface area contributed by atoms with Gasteiger partial charge in [-0.1, -0.05) is 72.4 Å². The smallest absolute Gasteiger partial charge is 0.230 e. The van der Waals surface area contributed by atoms with E-state index in [9.17, 15) is 4.79 Å². The summed E-state index contributed by atoms with van der Waals surface area (Å²) in [6.45, 7) is 2.47. The number of benzene rings is 2. The molecule has 4 rings (SSSR count). The molecule has 2 heterocycles. The Bertz CT molecular complexity index is 1080. The van der Waals surface area contributed by atoms with Crippen molar-refractivity contribution in [2.45, 2.75) is 24.7 Å². The predicted molar refractivity (Wildman–Crippen MR) is 117 cm³/mol. The Morgan fingerprint density at radius 2 is 1.77 bits per heavy atom. The SMILES string of the molecule is CC(NC(=O)CSc1nnc(-c2ccccc2)n1Cc1ccco1)c1ccccc1. The normalized spacial score (nSPS) is 11.9. The molecule has 6 nitrogen and oxygen atoms in total. The number of thioether (sulfide) groups is 1. The molecule has 0 radical (unpaired) electrons. The minimum Gasteiger partial charge on any atom is -0.467 e. The van der Waals surface area contributed by atoms with E-state index in [1.807, 2.05) is 84.3 Å². The summed E-state index contributed by atoms with van der Waals surface area (Å²) in [7, 11) is 0. The van der Waals surface area contributed by atoms with E-state index in [0.717, 1.165) is 22.7 Å². The van der Waals surface area contributed by atoms with E-state index >= 15 is 0 Å². The first-order valence-electron chi connectivity index (χ1n) is 9.69. The molecule has 0 fully saturated rings. The van der Waals surface area contributed by atoms with Gasteiger partial charge in [0.1, 0.15) is 5.76 Å². The van der Waals surface area contributed by atoms with Gasteiger partial charge in [0.15, 0.2) is 11.0 Å². The summed E-state index contributed by atoms with van der Waals surface area (Å²) in [6, 6.07) is 23.5. The Hall–Kier alpha value is -3.32. The molecular formula is C23H22N4O2S. The lowest BCUT2D eigenvalue weighted by atomic mass is 10.1. The Labute approximate surface area is 179 Å². The molecule has 0 aliphatic carbocycles. The van der Waals surface area contributed by atoms with Crippen molar-refractivity contribution in [1.29, 1.82) is 0 Å². The van der Waals surface area contributed by atoms with Gasteiger partial charge < -0.3 is 9.73 Å². The summed E-state index contributed by atoms with van der Waals surface area (Å²) in [4.78, 5) is 12.5. The summed E-state index contributed by atoms with van der Waals surface area (Å²) in [5.41, 5.74) is 2.04. The molecule has 1 amide bonds. The zero-order valence-corrected chi connectivity index (χ0v) is 17.4.